The average Bonchev–Trinajstić information content (AvgIpc) is 2.47. The lowest BCUT2D eigenvalue weighted by molar-refractivity contribution is -0.142. The average molecular weight is 299 g/mol. The summed E-state index contributed by atoms with van der Waals surface area (Å²) in [6.07, 6.45) is 4.05. The van der Waals surface area contributed by atoms with E-state index in [1.807, 2.05) is 23.0 Å². The third kappa shape index (κ3) is 3.67. The van der Waals surface area contributed by atoms with Crippen LogP contribution in [0.25, 0.3) is 0 Å². The van der Waals surface area contributed by atoms with Crippen LogP contribution < -0.4 is 5.32 Å². The fourth-order valence-electron chi connectivity index (χ4n) is 3.05. The van der Waals surface area contributed by atoms with E-state index < -0.39 is 0 Å². The lowest BCUT2D eigenvalue weighted by Gasteiger charge is -2.41. The molecule has 0 aromatic carbocycles. The second kappa shape index (κ2) is 7.31. The molecule has 2 aliphatic heterocycles. The Morgan fingerprint density at radius 1 is 1.50 bits per heavy atom. The highest BCUT2D eigenvalue weighted by Gasteiger charge is 2.32. The van der Waals surface area contributed by atoms with Crippen molar-refractivity contribution in [2.45, 2.75) is 25.8 Å². The second-order valence-electron chi connectivity index (χ2n) is 5.70. The van der Waals surface area contributed by atoms with E-state index in [-0.39, 0.29) is 23.8 Å². The molecule has 2 rings (SSSR count). The van der Waals surface area contributed by atoms with Crippen LogP contribution in [-0.4, -0.2) is 72.4 Å². The first kappa shape index (κ1) is 15.6. The van der Waals surface area contributed by atoms with Crippen LogP contribution in [0.1, 0.15) is 19.8 Å². The minimum absolute atomic E-state index is 0.0717. The number of hydrogen-bond acceptors (Lipinski definition) is 4. The van der Waals surface area contributed by atoms with Gasteiger partial charge in [-0.05, 0) is 19.1 Å². The molecule has 0 spiro atoms. The summed E-state index contributed by atoms with van der Waals surface area (Å²) in [6, 6.07) is 0.212. The SMILES string of the molecule is CSCC(C)C(=O)N1CCCC(N2CCNCC2=O)C1. The topological polar surface area (TPSA) is 52.7 Å². The minimum Gasteiger partial charge on any atom is -0.340 e. The number of carbonyl (C=O) groups is 2. The first-order valence-electron chi connectivity index (χ1n) is 7.41. The molecule has 0 aromatic heterocycles. The van der Waals surface area contributed by atoms with Crippen molar-refractivity contribution < 1.29 is 9.59 Å². The number of likely N-dealkylation sites (tertiary alicyclic amines) is 1. The van der Waals surface area contributed by atoms with Crippen LogP contribution in [0.2, 0.25) is 0 Å². The van der Waals surface area contributed by atoms with Crippen LogP contribution in [0, 0.1) is 5.92 Å². The predicted molar refractivity (Wildman–Crippen MR) is 81.7 cm³/mol. The van der Waals surface area contributed by atoms with Gasteiger partial charge in [-0.25, -0.2) is 0 Å². The molecule has 5 nitrogen and oxygen atoms in total. The summed E-state index contributed by atoms with van der Waals surface area (Å²) in [5, 5.41) is 3.10. The number of amides is 2. The van der Waals surface area contributed by atoms with E-state index >= 15 is 0 Å². The number of hydrogen-bond donors (Lipinski definition) is 1. The van der Waals surface area contributed by atoms with E-state index in [4.69, 9.17) is 0 Å². The van der Waals surface area contributed by atoms with Gasteiger partial charge in [-0.3, -0.25) is 9.59 Å². The molecule has 0 saturated carbocycles. The lowest BCUT2D eigenvalue weighted by atomic mass is 10.0. The maximum atomic E-state index is 12.4. The summed E-state index contributed by atoms with van der Waals surface area (Å²) in [5.74, 6) is 1.36. The van der Waals surface area contributed by atoms with Gasteiger partial charge in [-0.15, -0.1) is 0 Å². The fourth-order valence-corrected chi connectivity index (χ4v) is 3.69. The predicted octanol–water partition coefficient (Wildman–Crippen LogP) is 0.408. The van der Waals surface area contributed by atoms with E-state index in [9.17, 15) is 9.59 Å². The van der Waals surface area contributed by atoms with Gasteiger partial charge in [0.15, 0.2) is 0 Å². The Bertz CT molecular complexity index is 364. The van der Waals surface area contributed by atoms with Gasteiger partial charge in [0, 0.05) is 43.9 Å². The molecule has 2 amide bonds. The zero-order chi connectivity index (χ0) is 14.5. The molecule has 2 unspecified atom stereocenters. The molecule has 2 saturated heterocycles. The highest BCUT2D eigenvalue weighted by molar-refractivity contribution is 7.98. The van der Waals surface area contributed by atoms with E-state index in [0.29, 0.717) is 13.1 Å². The summed E-state index contributed by atoms with van der Waals surface area (Å²) in [7, 11) is 0. The Hall–Kier alpha value is -0.750. The van der Waals surface area contributed by atoms with E-state index in [1.54, 1.807) is 11.8 Å². The maximum absolute atomic E-state index is 12.4. The van der Waals surface area contributed by atoms with Gasteiger partial charge in [-0.1, -0.05) is 6.92 Å². The van der Waals surface area contributed by atoms with Crippen LogP contribution >= 0.6 is 11.8 Å². The molecule has 2 atom stereocenters. The van der Waals surface area contributed by atoms with Gasteiger partial charge in [0.1, 0.15) is 0 Å². The molecule has 0 bridgehead atoms. The van der Waals surface area contributed by atoms with E-state index in [1.165, 1.54) is 0 Å². The molecule has 2 aliphatic rings. The first-order valence-corrected chi connectivity index (χ1v) is 8.80. The third-order valence-corrected chi connectivity index (χ3v) is 4.95. The molecular weight excluding hydrogens is 274 g/mol. The smallest absolute Gasteiger partial charge is 0.236 e. The Labute approximate surface area is 125 Å². The Balaban J connectivity index is 1.94. The zero-order valence-corrected chi connectivity index (χ0v) is 13.2. The number of nitrogens with zero attached hydrogens (tertiary/aromatic N) is 2. The summed E-state index contributed by atoms with van der Waals surface area (Å²) >= 11 is 1.71. The number of carbonyl (C=O) groups excluding carboxylic acids is 2. The van der Waals surface area contributed by atoms with E-state index in [0.717, 1.165) is 38.2 Å². The molecule has 2 heterocycles. The van der Waals surface area contributed by atoms with Gasteiger partial charge in [0.25, 0.3) is 0 Å². The Morgan fingerprint density at radius 3 is 3.00 bits per heavy atom. The maximum Gasteiger partial charge on any atom is 0.236 e. The van der Waals surface area contributed by atoms with Gasteiger partial charge >= 0.3 is 0 Å². The number of piperidine rings is 1. The minimum atomic E-state index is 0.0717. The van der Waals surface area contributed by atoms with Crippen LogP contribution in [-0.2, 0) is 9.59 Å². The fraction of sp³-hybridized carbons (Fsp3) is 0.857. The highest BCUT2D eigenvalue weighted by atomic mass is 32.2. The molecule has 1 N–H and O–H groups in total. The van der Waals surface area contributed by atoms with Gasteiger partial charge in [0.2, 0.25) is 11.8 Å². The van der Waals surface area contributed by atoms with Gasteiger partial charge < -0.3 is 15.1 Å². The molecule has 20 heavy (non-hydrogen) atoms. The largest absolute Gasteiger partial charge is 0.340 e. The molecule has 2 fully saturated rings. The zero-order valence-electron chi connectivity index (χ0n) is 12.4. The molecule has 0 aromatic rings. The van der Waals surface area contributed by atoms with Crippen molar-refractivity contribution in [3.05, 3.63) is 0 Å². The molecular formula is C14H25N3O2S. The summed E-state index contributed by atoms with van der Waals surface area (Å²) < 4.78 is 0. The van der Waals surface area contributed by atoms with Crippen molar-refractivity contribution >= 4 is 23.6 Å². The van der Waals surface area contributed by atoms with Crippen molar-refractivity contribution in [2.75, 3.05) is 44.7 Å². The molecule has 0 radical (unpaired) electrons. The first-order chi connectivity index (χ1) is 9.63. The number of piperazine rings is 1. The standard InChI is InChI=1S/C14H25N3O2S/c1-11(10-20-2)14(19)16-6-3-4-12(9-16)17-7-5-15-8-13(17)18/h11-12,15H,3-10H2,1-2H3. The number of thioether (sulfide) groups is 1. The quantitative estimate of drug-likeness (QED) is 0.817. The Kier molecular flexibility index (Phi) is 5.72. The monoisotopic (exact) mass is 299 g/mol. The van der Waals surface area contributed by atoms with Crippen LogP contribution in [0.4, 0.5) is 0 Å². The molecule has 114 valence electrons. The van der Waals surface area contributed by atoms with Crippen LogP contribution in [0.5, 0.6) is 0 Å². The van der Waals surface area contributed by atoms with Crippen LogP contribution in [0.15, 0.2) is 0 Å². The number of nitrogens with one attached hydrogen (secondary N) is 1. The summed E-state index contributed by atoms with van der Waals surface area (Å²) in [4.78, 5) is 28.3. The van der Waals surface area contributed by atoms with Crippen LogP contribution in [0.3, 0.4) is 0 Å². The Morgan fingerprint density at radius 2 is 2.30 bits per heavy atom. The normalized spacial score (nSPS) is 25.7. The summed E-state index contributed by atoms with van der Waals surface area (Å²) in [6.45, 7) is 5.62. The van der Waals surface area contributed by atoms with Crippen molar-refractivity contribution in [1.82, 2.24) is 15.1 Å². The lowest BCUT2D eigenvalue weighted by Crippen LogP contribution is -2.58. The second-order valence-corrected chi connectivity index (χ2v) is 6.61. The van der Waals surface area contributed by atoms with Crippen molar-refractivity contribution in [1.29, 1.82) is 0 Å². The van der Waals surface area contributed by atoms with Crippen molar-refractivity contribution in [2.24, 2.45) is 5.92 Å². The third-order valence-electron chi connectivity index (χ3n) is 4.11. The van der Waals surface area contributed by atoms with Gasteiger partial charge in [0.05, 0.1) is 6.54 Å². The summed E-state index contributed by atoms with van der Waals surface area (Å²) in [5.41, 5.74) is 0. The molecule has 6 heteroatoms. The highest BCUT2D eigenvalue weighted by Crippen LogP contribution is 2.19. The molecule has 0 aliphatic carbocycles. The van der Waals surface area contributed by atoms with Crippen molar-refractivity contribution in [3.8, 4) is 0 Å². The van der Waals surface area contributed by atoms with E-state index in [2.05, 4.69) is 5.32 Å². The van der Waals surface area contributed by atoms with Gasteiger partial charge in [-0.2, -0.15) is 11.8 Å². The van der Waals surface area contributed by atoms with Crippen molar-refractivity contribution in [3.63, 3.8) is 0 Å². The number of rotatable bonds is 4.